The summed E-state index contributed by atoms with van der Waals surface area (Å²) < 4.78 is 0. The van der Waals surface area contributed by atoms with Gasteiger partial charge >= 0.3 is 0 Å². The van der Waals surface area contributed by atoms with Crippen LogP contribution in [0.1, 0.15) is 31.2 Å². The van der Waals surface area contributed by atoms with Crippen LogP contribution in [0.3, 0.4) is 0 Å². The molecule has 1 fully saturated rings. The fourth-order valence-electron chi connectivity index (χ4n) is 2.01. The second kappa shape index (κ2) is 6.24. The zero-order valence-corrected chi connectivity index (χ0v) is 11.4. The standard InChI is InChI=1S/C15H20ClNO/c16-11-15(9-10-15)12-17-14(18)8-4-7-13-5-2-1-3-6-13/h1-3,5-6H,4,7-12H2,(H,17,18). The highest BCUT2D eigenvalue weighted by molar-refractivity contribution is 6.18. The summed E-state index contributed by atoms with van der Waals surface area (Å²) in [6.45, 7) is 0.751. The lowest BCUT2D eigenvalue weighted by molar-refractivity contribution is -0.121. The minimum Gasteiger partial charge on any atom is -0.356 e. The summed E-state index contributed by atoms with van der Waals surface area (Å²) >= 11 is 5.87. The minimum atomic E-state index is 0.155. The third kappa shape index (κ3) is 4.02. The average molecular weight is 266 g/mol. The Balaban J connectivity index is 1.60. The van der Waals surface area contributed by atoms with E-state index < -0.39 is 0 Å². The minimum absolute atomic E-state index is 0.155. The van der Waals surface area contributed by atoms with E-state index in [1.807, 2.05) is 18.2 Å². The van der Waals surface area contributed by atoms with Crippen molar-refractivity contribution in [2.24, 2.45) is 5.41 Å². The van der Waals surface area contributed by atoms with Crippen LogP contribution in [0, 0.1) is 5.41 Å². The zero-order valence-electron chi connectivity index (χ0n) is 10.6. The van der Waals surface area contributed by atoms with Crippen LogP contribution in [-0.2, 0) is 11.2 Å². The van der Waals surface area contributed by atoms with Crippen molar-refractivity contribution in [2.45, 2.75) is 32.1 Å². The van der Waals surface area contributed by atoms with Gasteiger partial charge in [-0.25, -0.2) is 0 Å². The first-order valence-corrected chi connectivity index (χ1v) is 7.14. The summed E-state index contributed by atoms with van der Waals surface area (Å²) in [5, 5.41) is 3.00. The van der Waals surface area contributed by atoms with Gasteiger partial charge in [0.15, 0.2) is 0 Å². The van der Waals surface area contributed by atoms with Crippen LogP contribution in [0.4, 0.5) is 0 Å². The van der Waals surface area contributed by atoms with E-state index in [1.165, 1.54) is 5.56 Å². The van der Waals surface area contributed by atoms with Gasteiger partial charge in [0.05, 0.1) is 0 Å². The Morgan fingerprint density at radius 3 is 2.61 bits per heavy atom. The molecule has 0 radical (unpaired) electrons. The number of hydrogen-bond acceptors (Lipinski definition) is 1. The van der Waals surface area contributed by atoms with Crippen molar-refractivity contribution >= 4 is 17.5 Å². The summed E-state index contributed by atoms with van der Waals surface area (Å²) in [5.74, 6) is 0.819. The number of aryl methyl sites for hydroxylation is 1. The normalized spacial score (nSPS) is 16.3. The van der Waals surface area contributed by atoms with Gasteiger partial charge in [-0.2, -0.15) is 0 Å². The molecule has 0 aromatic heterocycles. The highest BCUT2D eigenvalue weighted by atomic mass is 35.5. The molecule has 0 unspecified atom stereocenters. The molecule has 2 nitrogen and oxygen atoms in total. The Kier molecular flexibility index (Phi) is 4.65. The van der Waals surface area contributed by atoms with Crippen LogP contribution >= 0.6 is 11.6 Å². The monoisotopic (exact) mass is 265 g/mol. The van der Waals surface area contributed by atoms with Gasteiger partial charge in [0.1, 0.15) is 0 Å². The molecule has 0 heterocycles. The SMILES string of the molecule is O=C(CCCc1ccccc1)NCC1(CCl)CC1. The maximum absolute atomic E-state index is 11.7. The molecule has 98 valence electrons. The molecule has 0 saturated heterocycles. The number of alkyl halides is 1. The maximum atomic E-state index is 11.7. The van der Waals surface area contributed by atoms with Gasteiger partial charge in [0, 0.05) is 24.3 Å². The summed E-state index contributed by atoms with van der Waals surface area (Å²) in [5.41, 5.74) is 1.51. The van der Waals surface area contributed by atoms with Crippen molar-refractivity contribution in [3.05, 3.63) is 35.9 Å². The molecular weight excluding hydrogens is 246 g/mol. The van der Waals surface area contributed by atoms with E-state index >= 15 is 0 Å². The molecule has 1 N–H and O–H groups in total. The van der Waals surface area contributed by atoms with Crippen LogP contribution < -0.4 is 5.32 Å². The number of hydrogen-bond donors (Lipinski definition) is 1. The molecule has 2 rings (SSSR count). The van der Waals surface area contributed by atoms with Gasteiger partial charge in [-0.1, -0.05) is 30.3 Å². The van der Waals surface area contributed by atoms with Gasteiger partial charge in [-0.3, -0.25) is 4.79 Å². The molecule has 1 amide bonds. The van der Waals surface area contributed by atoms with E-state index in [4.69, 9.17) is 11.6 Å². The lowest BCUT2D eigenvalue weighted by atomic mass is 10.1. The van der Waals surface area contributed by atoms with Gasteiger partial charge in [0.2, 0.25) is 5.91 Å². The Morgan fingerprint density at radius 2 is 2.00 bits per heavy atom. The third-order valence-electron chi connectivity index (χ3n) is 3.61. The van der Waals surface area contributed by atoms with Crippen LogP contribution in [0.5, 0.6) is 0 Å². The summed E-state index contributed by atoms with van der Waals surface area (Å²) in [6.07, 6.45) is 4.79. The summed E-state index contributed by atoms with van der Waals surface area (Å²) in [4.78, 5) is 11.7. The van der Waals surface area contributed by atoms with E-state index in [-0.39, 0.29) is 11.3 Å². The summed E-state index contributed by atoms with van der Waals surface area (Å²) in [7, 11) is 0. The number of carbonyl (C=O) groups excluding carboxylic acids is 1. The van der Waals surface area contributed by atoms with Crippen LogP contribution in [0.25, 0.3) is 0 Å². The summed E-state index contributed by atoms with van der Waals surface area (Å²) in [6, 6.07) is 10.3. The molecule has 18 heavy (non-hydrogen) atoms. The van der Waals surface area contributed by atoms with Crippen LogP contribution in [0.2, 0.25) is 0 Å². The molecule has 0 spiro atoms. The van der Waals surface area contributed by atoms with Crippen molar-refractivity contribution in [1.29, 1.82) is 0 Å². The number of benzene rings is 1. The largest absolute Gasteiger partial charge is 0.356 e. The zero-order chi connectivity index (χ0) is 12.8. The quantitative estimate of drug-likeness (QED) is 0.754. The molecule has 1 aromatic carbocycles. The fourth-order valence-corrected chi connectivity index (χ4v) is 2.37. The first kappa shape index (κ1) is 13.4. The number of halogens is 1. The molecule has 0 aliphatic heterocycles. The Bertz CT molecular complexity index is 387. The van der Waals surface area contributed by atoms with Gasteiger partial charge in [-0.05, 0) is 31.2 Å². The number of rotatable bonds is 7. The lowest BCUT2D eigenvalue weighted by Gasteiger charge is -2.12. The third-order valence-corrected chi connectivity index (χ3v) is 4.18. The molecule has 1 aromatic rings. The predicted molar refractivity (Wildman–Crippen MR) is 74.8 cm³/mol. The smallest absolute Gasteiger partial charge is 0.220 e. The number of nitrogens with one attached hydrogen (secondary N) is 1. The first-order valence-electron chi connectivity index (χ1n) is 6.61. The molecule has 1 aliphatic carbocycles. The van der Waals surface area contributed by atoms with Gasteiger partial charge < -0.3 is 5.32 Å². The maximum Gasteiger partial charge on any atom is 0.220 e. The van der Waals surface area contributed by atoms with E-state index in [2.05, 4.69) is 17.4 Å². The van der Waals surface area contributed by atoms with E-state index in [0.29, 0.717) is 12.3 Å². The molecule has 1 aliphatic rings. The van der Waals surface area contributed by atoms with Crippen molar-refractivity contribution in [2.75, 3.05) is 12.4 Å². The van der Waals surface area contributed by atoms with Crippen LogP contribution in [-0.4, -0.2) is 18.3 Å². The number of carbonyl (C=O) groups is 1. The Morgan fingerprint density at radius 1 is 1.28 bits per heavy atom. The van der Waals surface area contributed by atoms with E-state index in [0.717, 1.165) is 32.2 Å². The van der Waals surface area contributed by atoms with Crippen molar-refractivity contribution in [3.63, 3.8) is 0 Å². The van der Waals surface area contributed by atoms with Crippen molar-refractivity contribution in [1.82, 2.24) is 5.32 Å². The highest BCUT2D eigenvalue weighted by Gasteiger charge is 2.41. The van der Waals surface area contributed by atoms with Gasteiger partial charge in [0.25, 0.3) is 0 Å². The number of amides is 1. The molecule has 1 saturated carbocycles. The first-order chi connectivity index (χ1) is 8.74. The second-order valence-corrected chi connectivity index (χ2v) is 5.52. The Hall–Kier alpha value is -1.02. The molecular formula is C15H20ClNO. The van der Waals surface area contributed by atoms with E-state index in [9.17, 15) is 4.79 Å². The van der Waals surface area contributed by atoms with Crippen molar-refractivity contribution in [3.8, 4) is 0 Å². The fraction of sp³-hybridized carbons (Fsp3) is 0.533. The second-order valence-electron chi connectivity index (χ2n) is 5.25. The van der Waals surface area contributed by atoms with Crippen LogP contribution in [0.15, 0.2) is 30.3 Å². The molecule has 3 heteroatoms. The topological polar surface area (TPSA) is 29.1 Å². The molecule has 0 bridgehead atoms. The Labute approximate surface area is 114 Å². The highest BCUT2D eigenvalue weighted by Crippen LogP contribution is 2.45. The molecule has 0 atom stereocenters. The predicted octanol–water partition coefficient (Wildman–Crippen LogP) is 3.14. The van der Waals surface area contributed by atoms with Gasteiger partial charge in [-0.15, -0.1) is 11.6 Å². The van der Waals surface area contributed by atoms with Crippen molar-refractivity contribution < 1.29 is 4.79 Å². The lowest BCUT2D eigenvalue weighted by Crippen LogP contribution is -2.30. The van der Waals surface area contributed by atoms with E-state index in [1.54, 1.807) is 0 Å². The average Bonchev–Trinajstić information content (AvgIpc) is 3.18.